The highest BCUT2D eigenvalue weighted by atomic mass is 127. The molecule has 0 saturated heterocycles. The number of amides is 1. The zero-order chi connectivity index (χ0) is 12.3. The predicted molar refractivity (Wildman–Crippen MR) is 73.7 cm³/mol. The number of halogens is 1. The fourth-order valence-corrected chi connectivity index (χ4v) is 2.97. The van der Waals surface area contributed by atoms with Crippen molar-refractivity contribution in [1.29, 1.82) is 0 Å². The number of sulfone groups is 1. The largest absolute Gasteiger partial charge is 0.341 e. The Labute approximate surface area is 113 Å². The number of carbonyl (C=O) groups excluding carboxylic acids is 1. The lowest BCUT2D eigenvalue weighted by Crippen LogP contribution is -2.31. The molecule has 4 nitrogen and oxygen atoms in total. The van der Waals surface area contributed by atoms with Crippen molar-refractivity contribution in [3.05, 3.63) is 19.9 Å². The van der Waals surface area contributed by atoms with Crippen LogP contribution < -0.4 is 0 Å². The molecule has 0 aliphatic carbocycles. The normalized spacial score (nSPS) is 11.4. The SMILES string of the molecule is CN(CCS(C)(=O)=O)C(=O)c1csc(I)c1. The average molecular weight is 373 g/mol. The monoisotopic (exact) mass is 373 g/mol. The van der Waals surface area contributed by atoms with E-state index < -0.39 is 9.84 Å². The lowest BCUT2D eigenvalue weighted by Gasteiger charge is -2.15. The Morgan fingerprint density at radius 2 is 2.19 bits per heavy atom. The summed E-state index contributed by atoms with van der Waals surface area (Å²) in [5.74, 6) is -0.140. The molecule has 0 aromatic carbocycles. The Balaban J connectivity index is 2.61. The Morgan fingerprint density at radius 3 is 2.62 bits per heavy atom. The van der Waals surface area contributed by atoms with E-state index in [4.69, 9.17) is 0 Å². The van der Waals surface area contributed by atoms with Crippen molar-refractivity contribution in [3.63, 3.8) is 0 Å². The van der Waals surface area contributed by atoms with Crippen LogP contribution in [0.3, 0.4) is 0 Å². The third-order valence-corrected chi connectivity index (χ3v) is 4.67. The van der Waals surface area contributed by atoms with Crippen LogP contribution in [0.5, 0.6) is 0 Å². The van der Waals surface area contributed by atoms with Crippen LogP contribution in [0.4, 0.5) is 0 Å². The highest BCUT2D eigenvalue weighted by Gasteiger charge is 2.14. The summed E-state index contributed by atoms with van der Waals surface area (Å²) in [7, 11) is -1.41. The number of rotatable bonds is 4. The number of hydrogen-bond acceptors (Lipinski definition) is 4. The molecular formula is C9H12INO3S2. The molecule has 0 fully saturated rings. The van der Waals surface area contributed by atoms with Crippen molar-refractivity contribution >= 4 is 49.7 Å². The number of thiophene rings is 1. The average Bonchev–Trinajstić information content (AvgIpc) is 2.59. The Morgan fingerprint density at radius 1 is 1.56 bits per heavy atom. The topological polar surface area (TPSA) is 54.5 Å². The molecule has 0 saturated carbocycles. The van der Waals surface area contributed by atoms with Crippen LogP contribution in [-0.4, -0.2) is 44.8 Å². The van der Waals surface area contributed by atoms with E-state index in [-0.39, 0.29) is 18.2 Å². The molecule has 0 atom stereocenters. The lowest BCUT2D eigenvalue weighted by atomic mass is 10.3. The summed E-state index contributed by atoms with van der Waals surface area (Å²) in [5.41, 5.74) is 0.616. The minimum absolute atomic E-state index is 0.00350. The van der Waals surface area contributed by atoms with Gasteiger partial charge in [0.05, 0.1) is 14.2 Å². The minimum Gasteiger partial charge on any atom is -0.341 e. The first-order valence-corrected chi connectivity index (χ1v) is 8.49. The first kappa shape index (κ1) is 13.9. The van der Waals surface area contributed by atoms with Crippen molar-refractivity contribution in [1.82, 2.24) is 4.90 Å². The molecule has 90 valence electrons. The van der Waals surface area contributed by atoms with E-state index in [1.54, 1.807) is 18.5 Å². The third kappa shape index (κ3) is 4.38. The van der Waals surface area contributed by atoms with Crippen molar-refractivity contribution in [2.75, 3.05) is 25.6 Å². The lowest BCUT2D eigenvalue weighted by molar-refractivity contribution is 0.0804. The zero-order valence-electron chi connectivity index (χ0n) is 8.94. The summed E-state index contributed by atoms with van der Waals surface area (Å²) in [6.45, 7) is 0.226. The molecule has 0 N–H and O–H groups in total. The van der Waals surface area contributed by atoms with Gasteiger partial charge in [0.25, 0.3) is 5.91 Å². The van der Waals surface area contributed by atoms with Gasteiger partial charge >= 0.3 is 0 Å². The second-order valence-corrected chi connectivity index (χ2v) is 8.56. The number of carbonyl (C=O) groups is 1. The predicted octanol–water partition coefficient (Wildman–Crippen LogP) is 1.47. The van der Waals surface area contributed by atoms with Gasteiger partial charge in [-0.15, -0.1) is 11.3 Å². The first-order chi connectivity index (χ1) is 7.29. The van der Waals surface area contributed by atoms with Gasteiger partial charge in [-0.05, 0) is 28.7 Å². The molecule has 0 spiro atoms. The second kappa shape index (κ2) is 5.46. The van der Waals surface area contributed by atoms with Crippen molar-refractivity contribution in [2.45, 2.75) is 0 Å². The molecule has 0 radical (unpaired) electrons. The number of hydrogen-bond donors (Lipinski definition) is 0. The van der Waals surface area contributed by atoms with E-state index in [0.29, 0.717) is 5.56 Å². The molecule has 0 unspecified atom stereocenters. The molecule has 0 aliphatic heterocycles. The maximum Gasteiger partial charge on any atom is 0.254 e. The maximum absolute atomic E-state index is 11.8. The van der Waals surface area contributed by atoms with Gasteiger partial charge in [-0.2, -0.15) is 0 Å². The van der Waals surface area contributed by atoms with E-state index in [0.717, 1.165) is 2.88 Å². The van der Waals surface area contributed by atoms with Gasteiger partial charge in [0.15, 0.2) is 0 Å². The third-order valence-electron chi connectivity index (χ3n) is 1.96. The van der Waals surface area contributed by atoms with Gasteiger partial charge < -0.3 is 4.90 Å². The van der Waals surface area contributed by atoms with Crippen LogP contribution in [0.1, 0.15) is 10.4 Å². The maximum atomic E-state index is 11.8. The van der Waals surface area contributed by atoms with Gasteiger partial charge in [-0.1, -0.05) is 0 Å². The molecule has 0 aliphatic rings. The molecule has 16 heavy (non-hydrogen) atoms. The smallest absolute Gasteiger partial charge is 0.254 e. The van der Waals surface area contributed by atoms with E-state index in [1.807, 2.05) is 0 Å². The van der Waals surface area contributed by atoms with E-state index in [9.17, 15) is 13.2 Å². The summed E-state index contributed by atoms with van der Waals surface area (Å²) < 4.78 is 23.0. The van der Waals surface area contributed by atoms with Crippen LogP contribution in [-0.2, 0) is 9.84 Å². The van der Waals surface area contributed by atoms with Gasteiger partial charge in [0, 0.05) is 25.2 Å². The second-order valence-electron chi connectivity index (χ2n) is 3.50. The summed E-state index contributed by atoms with van der Waals surface area (Å²) in [6.07, 6.45) is 1.17. The quantitative estimate of drug-likeness (QED) is 0.752. The first-order valence-electron chi connectivity index (χ1n) is 4.47. The molecule has 1 aromatic heterocycles. The Bertz CT molecular complexity index is 481. The molecular weight excluding hydrogens is 361 g/mol. The van der Waals surface area contributed by atoms with Gasteiger partial charge in [-0.25, -0.2) is 8.42 Å². The van der Waals surface area contributed by atoms with Gasteiger partial charge in [-0.3, -0.25) is 4.79 Å². The van der Waals surface area contributed by atoms with E-state index >= 15 is 0 Å². The summed E-state index contributed by atoms with van der Waals surface area (Å²) in [5, 5.41) is 1.78. The van der Waals surface area contributed by atoms with E-state index in [1.165, 1.54) is 22.5 Å². The van der Waals surface area contributed by atoms with Crippen molar-refractivity contribution in [2.24, 2.45) is 0 Å². The standard InChI is InChI=1S/C9H12INO3S2/c1-11(3-4-16(2,13)14)9(12)7-5-8(10)15-6-7/h5-6H,3-4H2,1-2H3. The zero-order valence-corrected chi connectivity index (χ0v) is 12.7. The Hall–Kier alpha value is -0.150. The summed E-state index contributed by atoms with van der Waals surface area (Å²) >= 11 is 3.64. The number of nitrogens with zero attached hydrogens (tertiary/aromatic N) is 1. The summed E-state index contributed by atoms with van der Waals surface area (Å²) in [6, 6.07) is 1.80. The molecule has 1 heterocycles. The molecule has 1 rings (SSSR count). The van der Waals surface area contributed by atoms with Crippen LogP contribution >= 0.6 is 33.9 Å². The fourth-order valence-electron chi connectivity index (χ4n) is 1.05. The molecule has 1 amide bonds. The van der Waals surface area contributed by atoms with E-state index in [2.05, 4.69) is 22.6 Å². The molecule has 1 aromatic rings. The fraction of sp³-hybridized carbons (Fsp3) is 0.444. The van der Waals surface area contributed by atoms with Crippen LogP contribution in [0.2, 0.25) is 0 Å². The van der Waals surface area contributed by atoms with Crippen LogP contribution in [0.15, 0.2) is 11.4 Å². The summed E-state index contributed by atoms with van der Waals surface area (Å²) in [4.78, 5) is 13.2. The minimum atomic E-state index is -3.02. The highest BCUT2D eigenvalue weighted by molar-refractivity contribution is 14.1. The molecule has 7 heteroatoms. The highest BCUT2D eigenvalue weighted by Crippen LogP contribution is 2.17. The van der Waals surface area contributed by atoms with Crippen LogP contribution in [0.25, 0.3) is 0 Å². The van der Waals surface area contributed by atoms with Crippen LogP contribution in [0, 0.1) is 2.88 Å². The van der Waals surface area contributed by atoms with Gasteiger partial charge in [0.2, 0.25) is 0 Å². The van der Waals surface area contributed by atoms with Crippen molar-refractivity contribution < 1.29 is 13.2 Å². The Kier molecular flexibility index (Phi) is 4.74. The van der Waals surface area contributed by atoms with Gasteiger partial charge in [0.1, 0.15) is 9.84 Å². The molecule has 0 bridgehead atoms. The van der Waals surface area contributed by atoms with Crippen molar-refractivity contribution in [3.8, 4) is 0 Å².